The van der Waals surface area contributed by atoms with E-state index in [1.165, 1.54) is 0 Å². The molecule has 4 rings (SSSR count). The van der Waals surface area contributed by atoms with Crippen molar-refractivity contribution in [1.82, 2.24) is 19.0 Å². The Labute approximate surface area is 195 Å². The number of anilines is 1. The van der Waals surface area contributed by atoms with Gasteiger partial charge in [0, 0.05) is 0 Å². The zero-order chi connectivity index (χ0) is 23.8. The number of carbonyl (C=O) groups excluding carboxylic acids is 4. The van der Waals surface area contributed by atoms with Crippen molar-refractivity contribution in [1.29, 1.82) is 0 Å². The van der Waals surface area contributed by atoms with Crippen molar-refractivity contribution in [2.24, 2.45) is 11.3 Å². The van der Waals surface area contributed by atoms with Crippen molar-refractivity contribution in [3.63, 3.8) is 0 Å². The number of esters is 1. The lowest BCUT2D eigenvalue weighted by atomic mass is 9.67. The number of imide groups is 1. The molecule has 1 saturated carbocycles. The minimum atomic E-state index is -0.948. The van der Waals surface area contributed by atoms with Gasteiger partial charge in [-0.15, -0.1) is 0 Å². The third-order valence-corrected chi connectivity index (χ3v) is 7.06. The van der Waals surface area contributed by atoms with E-state index in [2.05, 4.69) is 40.2 Å². The highest BCUT2D eigenvalue weighted by molar-refractivity contribution is 7.00. The summed E-state index contributed by atoms with van der Waals surface area (Å²) in [4.78, 5) is 50.8. The second-order valence-corrected chi connectivity index (χ2v) is 10.2. The van der Waals surface area contributed by atoms with Crippen LogP contribution in [0.3, 0.4) is 0 Å². The number of rotatable bonds is 5. The van der Waals surface area contributed by atoms with E-state index in [0.717, 1.165) is 29.5 Å². The van der Waals surface area contributed by atoms with Crippen molar-refractivity contribution in [2.75, 3.05) is 18.5 Å². The van der Waals surface area contributed by atoms with Gasteiger partial charge in [0.05, 0.1) is 17.4 Å². The zero-order valence-corrected chi connectivity index (χ0v) is 19.7. The van der Waals surface area contributed by atoms with Crippen molar-refractivity contribution >= 4 is 52.3 Å². The molecule has 2 aromatic rings. The Morgan fingerprint density at radius 2 is 1.97 bits per heavy atom. The van der Waals surface area contributed by atoms with Crippen molar-refractivity contribution < 1.29 is 23.9 Å². The van der Waals surface area contributed by atoms with E-state index >= 15 is 0 Å². The number of hydrogen-bond donors (Lipinski definition) is 2. The van der Waals surface area contributed by atoms with Crippen molar-refractivity contribution in [2.45, 2.75) is 52.0 Å². The topological polar surface area (TPSA) is 131 Å². The summed E-state index contributed by atoms with van der Waals surface area (Å²) in [7, 11) is 0. The highest BCUT2D eigenvalue weighted by Crippen LogP contribution is 2.43. The molecule has 1 aromatic carbocycles. The predicted octanol–water partition coefficient (Wildman–Crippen LogP) is 2.70. The molecule has 11 heteroatoms. The summed E-state index contributed by atoms with van der Waals surface area (Å²) in [6.07, 6.45) is 2.75. The summed E-state index contributed by atoms with van der Waals surface area (Å²) in [5, 5.41) is 5.43. The number of benzene rings is 1. The highest BCUT2D eigenvalue weighted by atomic mass is 32.1. The van der Waals surface area contributed by atoms with Crippen LogP contribution in [0.5, 0.6) is 0 Å². The molecule has 0 bridgehead atoms. The normalized spacial score (nSPS) is 23.1. The second-order valence-electron chi connectivity index (χ2n) is 9.69. The maximum atomic E-state index is 13.0. The van der Waals surface area contributed by atoms with E-state index in [0.29, 0.717) is 35.5 Å². The Morgan fingerprint density at radius 1 is 1.24 bits per heavy atom. The molecule has 2 fully saturated rings. The lowest BCUT2D eigenvalue weighted by Crippen LogP contribution is -2.50. The van der Waals surface area contributed by atoms with Crippen LogP contribution in [0, 0.1) is 11.3 Å². The van der Waals surface area contributed by atoms with Crippen LogP contribution < -0.4 is 10.6 Å². The molecular weight excluding hydrogens is 446 g/mol. The lowest BCUT2D eigenvalue weighted by molar-refractivity contribution is -0.150. The summed E-state index contributed by atoms with van der Waals surface area (Å²) >= 11 is 1.03. The van der Waals surface area contributed by atoms with Gasteiger partial charge in [-0.05, 0) is 49.1 Å². The van der Waals surface area contributed by atoms with E-state index in [-0.39, 0.29) is 5.41 Å². The Morgan fingerprint density at radius 3 is 2.67 bits per heavy atom. The summed E-state index contributed by atoms with van der Waals surface area (Å²) in [5.41, 5.74) is 0.853. The van der Waals surface area contributed by atoms with E-state index in [1.807, 2.05) is 0 Å². The molecule has 2 N–H and O–H groups in total. The number of urea groups is 1. The van der Waals surface area contributed by atoms with Gasteiger partial charge < -0.3 is 15.4 Å². The zero-order valence-electron chi connectivity index (χ0n) is 18.8. The fraction of sp³-hybridized carbons (Fsp3) is 0.545. The molecule has 4 amide bonds. The summed E-state index contributed by atoms with van der Waals surface area (Å²) in [5.74, 6) is -1.32. The Hall–Kier alpha value is -3.08. The first-order valence-corrected chi connectivity index (χ1v) is 11.6. The fourth-order valence-electron chi connectivity index (χ4n) is 4.55. The van der Waals surface area contributed by atoms with Gasteiger partial charge in [-0.2, -0.15) is 8.75 Å². The first-order chi connectivity index (χ1) is 15.6. The van der Waals surface area contributed by atoms with Gasteiger partial charge >= 0.3 is 12.0 Å². The van der Waals surface area contributed by atoms with Gasteiger partial charge in [0.1, 0.15) is 23.1 Å². The van der Waals surface area contributed by atoms with Gasteiger partial charge in [-0.3, -0.25) is 19.3 Å². The molecule has 2 aliphatic rings. The standard InChI is InChI=1S/C22H27N5O5S/c1-21(2,3)13-7-9-22(10-8-13)19(30)27(20(31)24-22)11-17(29)32-12-16(28)23-14-5-4-6-15-18(14)26-33-25-15/h4-6,13H,7-12H2,1-3H3,(H,23,28)(H,24,31). The minimum Gasteiger partial charge on any atom is -0.454 e. The minimum absolute atomic E-state index is 0.138. The third kappa shape index (κ3) is 4.68. The van der Waals surface area contributed by atoms with Gasteiger partial charge in [0.25, 0.3) is 11.8 Å². The molecule has 0 radical (unpaired) electrons. The first kappa shape index (κ1) is 23.1. The summed E-state index contributed by atoms with van der Waals surface area (Å²) in [6.45, 7) is 5.45. The largest absolute Gasteiger partial charge is 0.454 e. The number of amides is 4. The quantitative estimate of drug-likeness (QED) is 0.504. The Balaban J connectivity index is 1.29. The molecule has 1 spiro atoms. The molecule has 10 nitrogen and oxygen atoms in total. The molecule has 1 aromatic heterocycles. The average Bonchev–Trinajstić information content (AvgIpc) is 3.32. The van der Waals surface area contributed by atoms with Gasteiger partial charge in [-0.25, -0.2) is 4.79 Å². The fourth-order valence-corrected chi connectivity index (χ4v) is 5.10. The number of fused-ring (bicyclic) bond motifs is 1. The smallest absolute Gasteiger partial charge is 0.326 e. The number of aromatic nitrogens is 2. The van der Waals surface area contributed by atoms with Crippen LogP contribution in [-0.4, -0.2) is 56.2 Å². The number of nitrogens with one attached hydrogen (secondary N) is 2. The molecule has 2 heterocycles. The van der Waals surface area contributed by atoms with Crippen molar-refractivity contribution in [3.8, 4) is 0 Å². The molecule has 176 valence electrons. The molecule has 1 saturated heterocycles. The SMILES string of the molecule is CC(C)(C)C1CCC2(CC1)NC(=O)N(CC(=O)OCC(=O)Nc1cccc3nsnc13)C2=O. The highest BCUT2D eigenvalue weighted by Gasteiger charge is 2.53. The third-order valence-electron chi connectivity index (χ3n) is 6.52. The van der Waals surface area contributed by atoms with Crippen LogP contribution in [-0.2, 0) is 19.1 Å². The average molecular weight is 474 g/mol. The van der Waals surface area contributed by atoms with E-state index in [1.54, 1.807) is 18.2 Å². The molecule has 33 heavy (non-hydrogen) atoms. The summed E-state index contributed by atoms with van der Waals surface area (Å²) in [6, 6.07) is 4.58. The molecule has 0 unspecified atom stereocenters. The second kappa shape index (κ2) is 8.69. The van der Waals surface area contributed by atoms with Gasteiger partial charge in [0.2, 0.25) is 0 Å². The van der Waals surface area contributed by atoms with Crippen LogP contribution >= 0.6 is 11.7 Å². The van der Waals surface area contributed by atoms with Crippen molar-refractivity contribution in [3.05, 3.63) is 18.2 Å². The van der Waals surface area contributed by atoms with Crippen LogP contribution in [0.1, 0.15) is 46.5 Å². The first-order valence-electron chi connectivity index (χ1n) is 10.9. The molecular formula is C22H27N5O5S. The van der Waals surface area contributed by atoms with Crippen LogP contribution in [0.25, 0.3) is 11.0 Å². The van der Waals surface area contributed by atoms with E-state index in [4.69, 9.17) is 4.74 Å². The van der Waals surface area contributed by atoms with Crippen LogP contribution in [0.15, 0.2) is 18.2 Å². The van der Waals surface area contributed by atoms with Gasteiger partial charge in [0.15, 0.2) is 6.61 Å². The number of ether oxygens (including phenoxy) is 1. The maximum absolute atomic E-state index is 13.0. The maximum Gasteiger partial charge on any atom is 0.326 e. The monoisotopic (exact) mass is 473 g/mol. The molecule has 1 aliphatic carbocycles. The Kier molecular flexibility index (Phi) is 6.08. The summed E-state index contributed by atoms with van der Waals surface area (Å²) < 4.78 is 13.2. The van der Waals surface area contributed by atoms with E-state index in [9.17, 15) is 19.2 Å². The lowest BCUT2D eigenvalue weighted by Gasteiger charge is -2.40. The number of nitrogens with zero attached hydrogens (tertiary/aromatic N) is 3. The van der Waals surface area contributed by atoms with E-state index < -0.39 is 42.5 Å². The number of carbonyl (C=O) groups is 4. The van der Waals surface area contributed by atoms with Crippen LogP contribution in [0.4, 0.5) is 10.5 Å². The van der Waals surface area contributed by atoms with Gasteiger partial charge in [-0.1, -0.05) is 26.8 Å². The van der Waals surface area contributed by atoms with Crippen LogP contribution in [0.2, 0.25) is 0 Å². The molecule has 1 aliphatic heterocycles. The molecule has 0 atom stereocenters. The number of hydrogen-bond acceptors (Lipinski definition) is 8. The Bertz CT molecular complexity index is 1100. The predicted molar refractivity (Wildman–Crippen MR) is 121 cm³/mol.